The van der Waals surface area contributed by atoms with Crippen molar-refractivity contribution in [3.05, 3.63) is 10.1 Å². The summed E-state index contributed by atoms with van der Waals surface area (Å²) < 4.78 is 16.8. The molecule has 0 aliphatic carbocycles. The van der Waals surface area contributed by atoms with Gasteiger partial charge in [-0.3, -0.25) is 10.1 Å². The Hall–Kier alpha value is -1.37. The molecule has 0 aliphatic heterocycles. The van der Waals surface area contributed by atoms with E-state index in [2.05, 4.69) is 13.8 Å². The van der Waals surface area contributed by atoms with Gasteiger partial charge in [0.1, 0.15) is 6.10 Å². The fourth-order valence-corrected chi connectivity index (χ4v) is 6.65. The number of carbonyl (C=O) groups excluding carboxylic acids is 1. The summed E-state index contributed by atoms with van der Waals surface area (Å²) in [5.74, 6) is 0. The van der Waals surface area contributed by atoms with Crippen LogP contribution in [0.5, 0.6) is 0 Å². The number of nitro groups is 1. The lowest BCUT2D eigenvalue weighted by molar-refractivity contribution is -0.528. The van der Waals surface area contributed by atoms with Gasteiger partial charge in [-0.25, -0.2) is 4.79 Å². The van der Waals surface area contributed by atoms with E-state index in [1.165, 1.54) is 200 Å². The van der Waals surface area contributed by atoms with E-state index in [4.69, 9.17) is 14.2 Å². The molecule has 0 saturated heterocycles. The van der Waals surface area contributed by atoms with Crippen LogP contribution in [0.25, 0.3) is 0 Å². The van der Waals surface area contributed by atoms with Crippen molar-refractivity contribution in [1.82, 2.24) is 0 Å². The molecule has 0 spiro atoms. The highest BCUT2D eigenvalue weighted by atomic mass is 16.7. The summed E-state index contributed by atoms with van der Waals surface area (Å²) in [6, 6.07) is -0.979. The Kier molecular flexibility index (Phi) is 37.8. The molecule has 7 heteroatoms. The summed E-state index contributed by atoms with van der Waals surface area (Å²) in [5.41, 5.74) is 0. The van der Waals surface area contributed by atoms with Gasteiger partial charge in [0, 0.05) is 18.5 Å². The van der Waals surface area contributed by atoms with Gasteiger partial charge in [0.15, 0.2) is 6.10 Å². The quantitative estimate of drug-likeness (QED) is 0.0272. The van der Waals surface area contributed by atoms with Gasteiger partial charge < -0.3 is 14.2 Å². The van der Waals surface area contributed by atoms with Crippen LogP contribution < -0.4 is 0 Å². The van der Waals surface area contributed by atoms with Crippen molar-refractivity contribution in [3.8, 4) is 0 Å². The zero-order valence-electron chi connectivity index (χ0n) is 33.9. The first-order valence-electron chi connectivity index (χ1n) is 22.0. The van der Waals surface area contributed by atoms with E-state index >= 15 is 0 Å². The molecule has 0 N–H and O–H groups in total. The maximum atomic E-state index is 12.4. The Morgan fingerprint density at radius 1 is 0.500 bits per heavy atom. The molecule has 0 fully saturated rings. The van der Waals surface area contributed by atoms with Crippen molar-refractivity contribution in [1.29, 1.82) is 0 Å². The van der Waals surface area contributed by atoms with Gasteiger partial charge in [-0.05, 0) is 26.2 Å². The van der Waals surface area contributed by atoms with Crippen molar-refractivity contribution >= 4 is 6.16 Å². The normalized spacial score (nSPS) is 13.3. The molecule has 0 aromatic carbocycles. The minimum absolute atomic E-state index is 0.353. The lowest BCUT2D eigenvalue weighted by Crippen LogP contribution is -2.34. The first kappa shape index (κ1) is 48.6. The molecular formula is C43H85NO6. The topological polar surface area (TPSA) is 87.9 Å². The van der Waals surface area contributed by atoms with E-state index in [1.54, 1.807) is 0 Å². The number of ether oxygens (including phenoxy) is 3. The maximum absolute atomic E-state index is 12.4. The summed E-state index contributed by atoms with van der Waals surface area (Å²) in [7, 11) is 0. The van der Waals surface area contributed by atoms with E-state index in [1.807, 2.05) is 0 Å². The third kappa shape index (κ3) is 35.1. The molecule has 0 saturated carbocycles. The van der Waals surface area contributed by atoms with Gasteiger partial charge in [0.25, 0.3) is 0 Å². The highest BCUT2D eigenvalue weighted by Crippen LogP contribution is 2.17. The molecular weight excluding hydrogens is 626 g/mol. The Morgan fingerprint density at radius 2 is 0.820 bits per heavy atom. The zero-order chi connectivity index (χ0) is 36.8. The molecule has 3 atom stereocenters. The number of hydrogen-bond donors (Lipinski definition) is 0. The van der Waals surface area contributed by atoms with Gasteiger partial charge >= 0.3 is 6.16 Å². The lowest BCUT2D eigenvalue weighted by Gasteiger charge is -2.20. The molecule has 0 aromatic heterocycles. The van der Waals surface area contributed by atoms with Crippen LogP contribution in [0.1, 0.15) is 240 Å². The molecule has 0 aromatic rings. The largest absolute Gasteiger partial charge is 0.509 e. The second kappa shape index (κ2) is 38.9. The Morgan fingerprint density at radius 3 is 1.16 bits per heavy atom. The number of hydrogen-bond acceptors (Lipinski definition) is 6. The van der Waals surface area contributed by atoms with Gasteiger partial charge in [0.2, 0.25) is 6.04 Å². The fraction of sp³-hybridized carbons (Fsp3) is 0.977. The zero-order valence-corrected chi connectivity index (χ0v) is 33.9. The predicted octanol–water partition coefficient (Wildman–Crippen LogP) is 14.5. The van der Waals surface area contributed by atoms with Crippen LogP contribution in [-0.2, 0) is 14.2 Å². The Balaban J connectivity index is 4.01. The minimum Gasteiger partial charge on any atom is -0.429 e. The second-order valence-corrected chi connectivity index (χ2v) is 15.3. The third-order valence-electron chi connectivity index (χ3n) is 10.4. The van der Waals surface area contributed by atoms with Crippen LogP contribution in [0.15, 0.2) is 0 Å². The van der Waals surface area contributed by atoms with E-state index in [0.29, 0.717) is 13.2 Å². The summed E-state index contributed by atoms with van der Waals surface area (Å²) in [5, 5.41) is 11.1. The summed E-state index contributed by atoms with van der Waals surface area (Å²) in [6.45, 7) is 8.55. The molecule has 0 rings (SSSR count). The standard InChI is InChI=1S/C43H85NO6/c1-5-7-9-11-13-15-17-19-21-23-25-27-29-31-33-35-37-42(50-43(45)49-41(4)40(3)44(46)47)39-48-38-36-34-32-30-28-26-24-22-20-18-16-14-12-10-8-6-2/h40-42H,5-39H2,1-4H3. The van der Waals surface area contributed by atoms with Crippen molar-refractivity contribution in [2.45, 2.75) is 258 Å². The van der Waals surface area contributed by atoms with Crippen molar-refractivity contribution in [2.75, 3.05) is 13.2 Å². The first-order chi connectivity index (χ1) is 24.4. The van der Waals surface area contributed by atoms with Crippen molar-refractivity contribution in [3.63, 3.8) is 0 Å². The highest BCUT2D eigenvalue weighted by Gasteiger charge is 2.27. The molecule has 0 heterocycles. The SMILES string of the molecule is CCCCCCCCCCCCCCCCCCOCC(CCCCCCCCCCCCCCCCCC)OC(=O)OC(C)C(C)[N+](=O)[O-]. The fourth-order valence-electron chi connectivity index (χ4n) is 6.65. The average molecular weight is 712 g/mol. The Labute approximate surface area is 310 Å². The van der Waals surface area contributed by atoms with E-state index in [9.17, 15) is 14.9 Å². The second-order valence-electron chi connectivity index (χ2n) is 15.3. The first-order valence-corrected chi connectivity index (χ1v) is 22.0. The average Bonchev–Trinajstić information content (AvgIpc) is 3.10. The van der Waals surface area contributed by atoms with Crippen LogP contribution in [0.4, 0.5) is 4.79 Å². The van der Waals surface area contributed by atoms with Gasteiger partial charge in [-0.2, -0.15) is 0 Å². The lowest BCUT2D eigenvalue weighted by atomic mass is 10.0. The van der Waals surface area contributed by atoms with Crippen LogP contribution >= 0.6 is 0 Å². The number of carbonyl (C=O) groups is 1. The smallest absolute Gasteiger partial charge is 0.429 e. The summed E-state index contributed by atoms with van der Waals surface area (Å²) in [4.78, 5) is 23.1. The summed E-state index contributed by atoms with van der Waals surface area (Å²) in [6.07, 6.45) is 41.2. The predicted molar refractivity (Wildman–Crippen MR) is 212 cm³/mol. The molecule has 0 radical (unpaired) electrons. The maximum Gasteiger partial charge on any atom is 0.509 e. The van der Waals surface area contributed by atoms with Gasteiger partial charge in [-0.15, -0.1) is 0 Å². The molecule has 0 aliphatic rings. The third-order valence-corrected chi connectivity index (χ3v) is 10.4. The highest BCUT2D eigenvalue weighted by molar-refractivity contribution is 5.60. The van der Waals surface area contributed by atoms with Crippen LogP contribution in [0, 0.1) is 10.1 Å². The van der Waals surface area contributed by atoms with Crippen molar-refractivity contribution in [2.24, 2.45) is 0 Å². The van der Waals surface area contributed by atoms with Crippen molar-refractivity contribution < 1.29 is 23.9 Å². The monoisotopic (exact) mass is 712 g/mol. The molecule has 0 bridgehead atoms. The molecule has 0 amide bonds. The van der Waals surface area contributed by atoms with E-state index < -0.39 is 23.2 Å². The van der Waals surface area contributed by atoms with E-state index in [-0.39, 0.29) is 6.10 Å². The number of nitrogens with zero attached hydrogens (tertiary/aromatic N) is 1. The van der Waals surface area contributed by atoms with Gasteiger partial charge in [-0.1, -0.05) is 206 Å². The number of rotatable bonds is 40. The molecule has 50 heavy (non-hydrogen) atoms. The van der Waals surface area contributed by atoms with Crippen LogP contribution in [0.3, 0.4) is 0 Å². The molecule has 3 unspecified atom stereocenters. The molecule has 298 valence electrons. The summed E-state index contributed by atoms with van der Waals surface area (Å²) >= 11 is 0. The Bertz CT molecular complexity index is 720. The van der Waals surface area contributed by atoms with Crippen LogP contribution in [0.2, 0.25) is 0 Å². The molecule has 7 nitrogen and oxygen atoms in total. The van der Waals surface area contributed by atoms with E-state index in [0.717, 1.165) is 25.7 Å². The van der Waals surface area contributed by atoms with Crippen LogP contribution in [-0.4, -0.2) is 42.5 Å². The van der Waals surface area contributed by atoms with Gasteiger partial charge in [0.05, 0.1) is 6.61 Å². The minimum atomic E-state index is -0.979. The number of unbranched alkanes of at least 4 members (excludes halogenated alkanes) is 30.